The Morgan fingerprint density at radius 1 is 1.33 bits per heavy atom. The number of halogens is 3. The zero-order valence-corrected chi connectivity index (χ0v) is 11.3. The number of aliphatic imine (C=N–C) groups is 2. The second kappa shape index (κ2) is 6.02. The van der Waals surface area contributed by atoms with Crippen LogP contribution in [0.5, 0.6) is 5.75 Å². The molecule has 0 aliphatic carbocycles. The monoisotopic (exact) mass is 300 g/mol. The van der Waals surface area contributed by atoms with E-state index in [0.717, 1.165) is 6.42 Å². The molecule has 1 aliphatic rings. The van der Waals surface area contributed by atoms with Gasteiger partial charge in [0.15, 0.2) is 5.96 Å². The third-order valence-corrected chi connectivity index (χ3v) is 2.72. The summed E-state index contributed by atoms with van der Waals surface area (Å²) in [5.41, 5.74) is 6.31. The van der Waals surface area contributed by atoms with E-state index >= 15 is 0 Å². The number of nitrogens with one attached hydrogen (secondary N) is 1. The number of nitrogens with zero attached hydrogens (tertiary/aromatic N) is 2. The van der Waals surface area contributed by atoms with E-state index in [1.807, 2.05) is 6.92 Å². The first-order chi connectivity index (χ1) is 9.89. The summed E-state index contributed by atoms with van der Waals surface area (Å²) >= 11 is 0. The van der Waals surface area contributed by atoms with Crippen LogP contribution in [0, 0.1) is 0 Å². The second-order valence-corrected chi connectivity index (χ2v) is 4.43. The lowest BCUT2D eigenvalue weighted by molar-refractivity contribution is -0.274. The molecule has 5 nitrogen and oxygen atoms in total. The van der Waals surface area contributed by atoms with E-state index < -0.39 is 12.4 Å². The van der Waals surface area contributed by atoms with Crippen LogP contribution in [0.15, 0.2) is 34.3 Å². The predicted molar refractivity (Wildman–Crippen MR) is 73.2 cm³/mol. The van der Waals surface area contributed by atoms with E-state index in [1.54, 1.807) is 0 Å². The van der Waals surface area contributed by atoms with Gasteiger partial charge in [-0.15, -0.1) is 13.2 Å². The molecule has 3 N–H and O–H groups in total. The molecule has 0 aromatic heterocycles. The Morgan fingerprint density at radius 2 is 2.00 bits per heavy atom. The zero-order chi connectivity index (χ0) is 15.5. The van der Waals surface area contributed by atoms with Gasteiger partial charge < -0.3 is 15.8 Å². The number of amidine groups is 1. The lowest BCUT2D eigenvalue weighted by Gasteiger charge is -2.12. The maximum atomic E-state index is 12.1. The van der Waals surface area contributed by atoms with Gasteiger partial charge in [0.2, 0.25) is 0 Å². The molecule has 1 unspecified atom stereocenters. The van der Waals surface area contributed by atoms with Gasteiger partial charge in [0.1, 0.15) is 17.6 Å². The summed E-state index contributed by atoms with van der Waals surface area (Å²) in [6.07, 6.45) is -3.83. The van der Waals surface area contributed by atoms with Crippen molar-refractivity contribution in [2.24, 2.45) is 15.7 Å². The van der Waals surface area contributed by atoms with E-state index in [0.29, 0.717) is 17.9 Å². The highest BCUT2D eigenvalue weighted by Gasteiger charge is 2.31. The molecule has 0 spiro atoms. The molecule has 1 atom stereocenters. The third kappa shape index (κ3) is 4.11. The number of guanidine groups is 1. The van der Waals surface area contributed by atoms with Gasteiger partial charge in [-0.05, 0) is 24.1 Å². The van der Waals surface area contributed by atoms with E-state index in [4.69, 9.17) is 5.73 Å². The fraction of sp³-hybridized carbons (Fsp3) is 0.385. The van der Waals surface area contributed by atoms with E-state index in [-0.39, 0.29) is 11.7 Å². The molecule has 21 heavy (non-hydrogen) atoms. The van der Waals surface area contributed by atoms with Crippen LogP contribution in [0.3, 0.4) is 0 Å². The Balaban J connectivity index is 2.17. The Hall–Kier alpha value is -2.25. The van der Waals surface area contributed by atoms with Crippen LogP contribution < -0.4 is 15.8 Å². The molecule has 1 heterocycles. The zero-order valence-electron chi connectivity index (χ0n) is 11.3. The predicted octanol–water partition coefficient (Wildman–Crippen LogP) is 2.35. The standard InChI is InChI=1S/C13H15F3N4O/c1-2-7-18-11-10(19-12(17)20-11)8-3-5-9(6-4-8)21-13(14,15)16/h3-6,10H,2,7H2,1H3,(H3,17,18,19,20). The molecule has 0 bridgehead atoms. The number of hydrogen-bond donors (Lipinski definition) is 2. The maximum absolute atomic E-state index is 12.1. The lowest BCUT2D eigenvalue weighted by atomic mass is 10.1. The van der Waals surface area contributed by atoms with Gasteiger partial charge in [-0.3, -0.25) is 4.99 Å². The van der Waals surface area contributed by atoms with Gasteiger partial charge in [-0.25, -0.2) is 4.99 Å². The molecule has 0 saturated carbocycles. The van der Waals surface area contributed by atoms with Crippen molar-refractivity contribution >= 4 is 11.8 Å². The molecule has 0 amide bonds. The molecule has 8 heteroatoms. The van der Waals surface area contributed by atoms with Crippen molar-refractivity contribution < 1.29 is 17.9 Å². The van der Waals surface area contributed by atoms with Crippen LogP contribution >= 0.6 is 0 Å². The summed E-state index contributed by atoms with van der Waals surface area (Å²) < 4.78 is 40.1. The van der Waals surface area contributed by atoms with Crippen molar-refractivity contribution in [3.8, 4) is 5.75 Å². The Bertz CT molecular complexity index is 552. The van der Waals surface area contributed by atoms with Crippen molar-refractivity contribution in [1.29, 1.82) is 0 Å². The highest BCUT2D eigenvalue weighted by atomic mass is 19.4. The highest BCUT2D eigenvalue weighted by molar-refractivity contribution is 6.07. The van der Waals surface area contributed by atoms with Gasteiger partial charge in [0, 0.05) is 6.54 Å². The first-order valence-electron chi connectivity index (χ1n) is 6.39. The van der Waals surface area contributed by atoms with Gasteiger partial charge in [0.25, 0.3) is 0 Å². The smallest absolute Gasteiger partial charge is 0.406 e. The molecular weight excluding hydrogens is 285 g/mol. The Morgan fingerprint density at radius 3 is 2.57 bits per heavy atom. The first kappa shape index (κ1) is 15.1. The number of rotatable bonds is 4. The van der Waals surface area contributed by atoms with Crippen LogP contribution in [0.4, 0.5) is 13.2 Å². The summed E-state index contributed by atoms with van der Waals surface area (Å²) in [6.45, 7) is 2.61. The quantitative estimate of drug-likeness (QED) is 0.896. The average Bonchev–Trinajstić information content (AvgIpc) is 2.76. The van der Waals surface area contributed by atoms with Crippen LogP contribution in [0.1, 0.15) is 24.9 Å². The summed E-state index contributed by atoms with van der Waals surface area (Å²) in [7, 11) is 0. The molecule has 2 rings (SSSR count). The van der Waals surface area contributed by atoms with Crippen molar-refractivity contribution in [2.75, 3.05) is 6.54 Å². The molecule has 1 aromatic carbocycles. The summed E-state index contributed by atoms with van der Waals surface area (Å²) in [4.78, 5) is 8.52. The number of hydrogen-bond acceptors (Lipinski definition) is 4. The van der Waals surface area contributed by atoms with Gasteiger partial charge in [-0.1, -0.05) is 19.1 Å². The molecule has 0 fully saturated rings. The normalized spacial score (nSPS) is 20.3. The van der Waals surface area contributed by atoms with E-state index in [1.165, 1.54) is 24.3 Å². The fourth-order valence-electron chi connectivity index (χ4n) is 1.87. The minimum atomic E-state index is -4.70. The van der Waals surface area contributed by atoms with Crippen molar-refractivity contribution in [2.45, 2.75) is 25.7 Å². The molecular formula is C13H15F3N4O. The number of alkyl halides is 3. The number of benzene rings is 1. The molecule has 1 aromatic rings. The van der Waals surface area contributed by atoms with Crippen LogP contribution in [-0.2, 0) is 0 Å². The molecule has 114 valence electrons. The van der Waals surface area contributed by atoms with Crippen LogP contribution in [0.25, 0.3) is 0 Å². The number of ether oxygens (including phenoxy) is 1. The van der Waals surface area contributed by atoms with Gasteiger partial charge in [0.05, 0.1) is 0 Å². The third-order valence-electron chi connectivity index (χ3n) is 2.72. The van der Waals surface area contributed by atoms with Gasteiger partial charge >= 0.3 is 6.36 Å². The lowest BCUT2D eigenvalue weighted by Crippen LogP contribution is -2.32. The minimum absolute atomic E-state index is 0.241. The Kier molecular flexibility index (Phi) is 4.35. The van der Waals surface area contributed by atoms with Crippen molar-refractivity contribution in [3.05, 3.63) is 29.8 Å². The SMILES string of the molecule is CCCN=C1NC(N)=NC1c1ccc(OC(F)(F)F)cc1. The molecule has 0 radical (unpaired) electrons. The van der Waals surface area contributed by atoms with E-state index in [9.17, 15) is 13.2 Å². The first-order valence-corrected chi connectivity index (χ1v) is 6.39. The highest BCUT2D eigenvalue weighted by Crippen LogP contribution is 2.27. The molecule has 1 aliphatic heterocycles. The fourth-order valence-corrected chi connectivity index (χ4v) is 1.87. The van der Waals surface area contributed by atoms with Crippen molar-refractivity contribution in [1.82, 2.24) is 5.32 Å². The largest absolute Gasteiger partial charge is 0.573 e. The van der Waals surface area contributed by atoms with E-state index in [2.05, 4.69) is 20.0 Å². The van der Waals surface area contributed by atoms with Crippen LogP contribution in [0.2, 0.25) is 0 Å². The van der Waals surface area contributed by atoms with Gasteiger partial charge in [-0.2, -0.15) is 0 Å². The summed E-state index contributed by atoms with van der Waals surface area (Å²) in [5, 5.41) is 2.86. The average molecular weight is 300 g/mol. The topological polar surface area (TPSA) is 72.0 Å². The minimum Gasteiger partial charge on any atom is -0.406 e. The second-order valence-electron chi connectivity index (χ2n) is 4.43. The summed E-state index contributed by atoms with van der Waals surface area (Å²) in [6, 6.07) is 5.08. The molecule has 0 saturated heterocycles. The van der Waals surface area contributed by atoms with Crippen LogP contribution in [-0.4, -0.2) is 24.7 Å². The summed E-state index contributed by atoms with van der Waals surface area (Å²) in [5.74, 6) is 0.561. The number of nitrogens with two attached hydrogens (primary N) is 1. The maximum Gasteiger partial charge on any atom is 0.573 e. The Labute approximate surface area is 119 Å². The van der Waals surface area contributed by atoms with Crippen molar-refractivity contribution in [3.63, 3.8) is 0 Å².